The van der Waals surface area contributed by atoms with Gasteiger partial charge in [-0.2, -0.15) is 0 Å². The topological polar surface area (TPSA) is 23.5 Å². The Bertz CT molecular complexity index is 184. The minimum absolute atomic E-state index is 0.170. The molecule has 0 radical (unpaired) electrons. The number of hydrogen-bond acceptors (Lipinski definition) is 2. The average Bonchev–Trinajstić information content (AvgIpc) is 2.80. The molecule has 1 aliphatic heterocycles. The number of hydrogen-bond donors (Lipinski definition) is 1. The van der Waals surface area contributed by atoms with Crippen molar-refractivity contribution in [3.8, 4) is 0 Å². The van der Waals surface area contributed by atoms with Crippen molar-refractivity contribution >= 4 is 0 Å². The van der Waals surface area contributed by atoms with Crippen LogP contribution in [0.3, 0.4) is 0 Å². The summed E-state index contributed by atoms with van der Waals surface area (Å²) in [5, 5.41) is 10.2. The summed E-state index contributed by atoms with van der Waals surface area (Å²) < 4.78 is 0. The maximum atomic E-state index is 10.2. The summed E-state index contributed by atoms with van der Waals surface area (Å²) in [6.07, 6.45) is 12.3. The molecular formula is C15H31NO. The van der Waals surface area contributed by atoms with Crippen LogP contribution in [0.4, 0.5) is 0 Å². The van der Waals surface area contributed by atoms with Gasteiger partial charge in [0.2, 0.25) is 0 Å². The highest BCUT2D eigenvalue weighted by molar-refractivity contribution is 4.80. The number of nitrogens with zero attached hydrogens (tertiary/aromatic N) is 1. The zero-order chi connectivity index (χ0) is 12.5. The molecule has 0 aromatic carbocycles. The molecule has 1 N–H and O–H groups in total. The molecule has 2 atom stereocenters. The van der Waals surface area contributed by atoms with Crippen molar-refractivity contribution in [2.24, 2.45) is 0 Å². The van der Waals surface area contributed by atoms with Crippen LogP contribution in [0.1, 0.15) is 78.1 Å². The van der Waals surface area contributed by atoms with Crippen LogP contribution in [-0.2, 0) is 0 Å². The first-order valence-electron chi connectivity index (χ1n) is 7.73. The minimum atomic E-state index is -0.170. The molecule has 0 aromatic heterocycles. The fraction of sp³-hybridized carbons (Fsp3) is 1.00. The van der Waals surface area contributed by atoms with Gasteiger partial charge in [0.1, 0.15) is 6.23 Å². The predicted octanol–water partition coefficient (Wildman–Crippen LogP) is 3.93. The third-order valence-electron chi connectivity index (χ3n) is 4.01. The highest BCUT2D eigenvalue weighted by Gasteiger charge is 2.28. The monoisotopic (exact) mass is 241 g/mol. The molecule has 0 aromatic rings. The summed E-state index contributed by atoms with van der Waals surface area (Å²) in [6, 6.07) is 0.663. The number of unbranched alkanes of at least 4 members (excludes halogenated alkanes) is 4. The fourth-order valence-corrected chi connectivity index (χ4v) is 2.92. The van der Waals surface area contributed by atoms with E-state index in [2.05, 4.69) is 18.7 Å². The summed E-state index contributed by atoms with van der Waals surface area (Å²) in [6.45, 7) is 5.60. The van der Waals surface area contributed by atoms with Crippen molar-refractivity contribution in [3.63, 3.8) is 0 Å². The third kappa shape index (κ3) is 5.39. The zero-order valence-electron chi connectivity index (χ0n) is 11.8. The normalized spacial score (nSPS) is 23.1. The van der Waals surface area contributed by atoms with E-state index < -0.39 is 0 Å². The van der Waals surface area contributed by atoms with E-state index in [9.17, 15) is 5.11 Å². The van der Waals surface area contributed by atoms with E-state index in [1.165, 1.54) is 57.8 Å². The van der Waals surface area contributed by atoms with Gasteiger partial charge in [-0.05, 0) is 32.1 Å². The molecule has 0 bridgehead atoms. The zero-order valence-corrected chi connectivity index (χ0v) is 11.8. The van der Waals surface area contributed by atoms with E-state index in [1.807, 2.05) is 0 Å². The second-order valence-corrected chi connectivity index (χ2v) is 5.51. The van der Waals surface area contributed by atoms with Gasteiger partial charge in [-0.1, -0.05) is 46.0 Å². The van der Waals surface area contributed by atoms with Crippen molar-refractivity contribution in [1.29, 1.82) is 0 Å². The lowest BCUT2D eigenvalue weighted by Gasteiger charge is -2.29. The molecule has 1 aliphatic rings. The molecule has 2 heteroatoms. The van der Waals surface area contributed by atoms with Crippen LogP contribution in [0, 0.1) is 0 Å². The lowest BCUT2D eigenvalue weighted by atomic mass is 10.1. The Morgan fingerprint density at radius 2 is 1.88 bits per heavy atom. The first kappa shape index (κ1) is 15.0. The molecule has 17 heavy (non-hydrogen) atoms. The quantitative estimate of drug-likeness (QED) is 0.618. The average molecular weight is 241 g/mol. The number of aliphatic hydroxyl groups excluding tert-OH is 1. The maximum Gasteiger partial charge on any atom is 0.107 e. The molecule has 0 saturated carbocycles. The van der Waals surface area contributed by atoms with Gasteiger partial charge in [-0.3, -0.25) is 4.90 Å². The van der Waals surface area contributed by atoms with Crippen LogP contribution in [0.25, 0.3) is 0 Å². The summed E-state index contributed by atoms with van der Waals surface area (Å²) in [5.41, 5.74) is 0. The molecule has 1 saturated heterocycles. The van der Waals surface area contributed by atoms with E-state index >= 15 is 0 Å². The Hall–Kier alpha value is -0.0800. The van der Waals surface area contributed by atoms with Gasteiger partial charge in [0, 0.05) is 12.6 Å². The Morgan fingerprint density at radius 1 is 1.12 bits per heavy atom. The Morgan fingerprint density at radius 3 is 2.59 bits per heavy atom. The largest absolute Gasteiger partial charge is 0.378 e. The van der Waals surface area contributed by atoms with Crippen molar-refractivity contribution in [2.75, 3.05) is 6.54 Å². The summed E-state index contributed by atoms with van der Waals surface area (Å²) >= 11 is 0. The Kier molecular flexibility index (Phi) is 7.87. The maximum absolute atomic E-state index is 10.2. The van der Waals surface area contributed by atoms with E-state index in [4.69, 9.17) is 0 Å². The lowest BCUT2D eigenvalue weighted by Crippen LogP contribution is -2.39. The molecule has 1 fully saturated rings. The fourth-order valence-electron chi connectivity index (χ4n) is 2.92. The number of aliphatic hydroxyl groups is 1. The number of likely N-dealkylation sites (tertiary alicyclic amines) is 1. The summed E-state index contributed by atoms with van der Waals surface area (Å²) in [5.74, 6) is 0. The smallest absolute Gasteiger partial charge is 0.107 e. The van der Waals surface area contributed by atoms with Gasteiger partial charge in [0.05, 0.1) is 0 Å². The minimum Gasteiger partial charge on any atom is -0.378 e. The second kappa shape index (κ2) is 8.93. The molecule has 102 valence electrons. The van der Waals surface area contributed by atoms with Crippen molar-refractivity contribution in [3.05, 3.63) is 0 Å². The highest BCUT2D eigenvalue weighted by atomic mass is 16.3. The Balaban J connectivity index is 2.21. The third-order valence-corrected chi connectivity index (χ3v) is 4.01. The van der Waals surface area contributed by atoms with Gasteiger partial charge in [0.25, 0.3) is 0 Å². The molecule has 1 heterocycles. The molecule has 1 rings (SSSR count). The van der Waals surface area contributed by atoms with E-state index in [1.54, 1.807) is 0 Å². The van der Waals surface area contributed by atoms with Gasteiger partial charge >= 0.3 is 0 Å². The van der Waals surface area contributed by atoms with E-state index in [0.29, 0.717) is 6.04 Å². The van der Waals surface area contributed by atoms with Crippen LogP contribution in [0.5, 0.6) is 0 Å². The van der Waals surface area contributed by atoms with Crippen LogP contribution in [0.15, 0.2) is 0 Å². The standard InChI is InChI=1S/C15H31NO/c1-3-5-7-8-12-15(17)16-13-9-11-14(16)10-6-4-2/h14-15,17H,3-13H2,1-2H3. The molecule has 2 nitrogen and oxygen atoms in total. The predicted molar refractivity (Wildman–Crippen MR) is 74.0 cm³/mol. The van der Waals surface area contributed by atoms with Crippen LogP contribution in [0.2, 0.25) is 0 Å². The van der Waals surface area contributed by atoms with Crippen LogP contribution >= 0.6 is 0 Å². The first-order valence-corrected chi connectivity index (χ1v) is 7.73. The molecule has 2 unspecified atom stereocenters. The summed E-state index contributed by atoms with van der Waals surface area (Å²) in [4.78, 5) is 2.36. The van der Waals surface area contributed by atoms with Gasteiger partial charge in [0.15, 0.2) is 0 Å². The van der Waals surface area contributed by atoms with Crippen LogP contribution in [-0.4, -0.2) is 28.8 Å². The van der Waals surface area contributed by atoms with Gasteiger partial charge < -0.3 is 5.11 Å². The van der Waals surface area contributed by atoms with Gasteiger partial charge in [-0.15, -0.1) is 0 Å². The summed E-state index contributed by atoms with van der Waals surface area (Å²) in [7, 11) is 0. The van der Waals surface area contributed by atoms with E-state index in [0.717, 1.165) is 13.0 Å². The molecule has 0 aliphatic carbocycles. The SMILES string of the molecule is CCCCCCC(O)N1CCCC1CCCC. The molecule has 0 spiro atoms. The molecular weight excluding hydrogens is 210 g/mol. The first-order chi connectivity index (χ1) is 8.29. The second-order valence-electron chi connectivity index (χ2n) is 5.51. The Labute approximate surface area is 107 Å². The van der Waals surface area contributed by atoms with Crippen molar-refractivity contribution < 1.29 is 5.11 Å². The lowest BCUT2D eigenvalue weighted by molar-refractivity contribution is -0.0145. The van der Waals surface area contributed by atoms with Gasteiger partial charge in [-0.25, -0.2) is 0 Å². The molecule has 0 amide bonds. The highest BCUT2D eigenvalue weighted by Crippen LogP contribution is 2.25. The van der Waals surface area contributed by atoms with Crippen LogP contribution < -0.4 is 0 Å². The van der Waals surface area contributed by atoms with Crippen molar-refractivity contribution in [1.82, 2.24) is 4.90 Å². The number of rotatable bonds is 9. The van der Waals surface area contributed by atoms with Crippen molar-refractivity contribution in [2.45, 2.75) is 90.3 Å². The van der Waals surface area contributed by atoms with E-state index in [-0.39, 0.29) is 6.23 Å².